The van der Waals surface area contributed by atoms with Crippen LogP contribution in [0.4, 0.5) is 4.39 Å². The summed E-state index contributed by atoms with van der Waals surface area (Å²) in [5, 5.41) is 4.01. The fraction of sp³-hybridized carbons (Fsp3) is 0.250. The van der Waals surface area contributed by atoms with Gasteiger partial charge in [0, 0.05) is 29.6 Å². The molecule has 0 amide bonds. The second-order valence-corrected chi connectivity index (χ2v) is 5.25. The van der Waals surface area contributed by atoms with E-state index in [0.29, 0.717) is 18.2 Å². The number of ether oxygens (including phenoxy) is 1. The fourth-order valence-corrected chi connectivity index (χ4v) is 2.65. The lowest BCUT2D eigenvalue weighted by Crippen LogP contribution is -2.26. The Hall–Kier alpha value is -1.58. The van der Waals surface area contributed by atoms with E-state index in [9.17, 15) is 4.39 Å². The normalized spacial score (nSPS) is 17.4. The van der Waals surface area contributed by atoms with E-state index in [1.807, 2.05) is 18.2 Å². The highest BCUT2D eigenvalue weighted by atomic mass is 35.5. The first-order valence-electron chi connectivity index (χ1n) is 6.63. The number of hydrogen-bond donors (Lipinski definition) is 1. The average molecular weight is 292 g/mol. The zero-order valence-corrected chi connectivity index (χ0v) is 11.7. The van der Waals surface area contributed by atoms with Gasteiger partial charge in [-0.05, 0) is 29.8 Å². The van der Waals surface area contributed by atoms with Crippen molar-refractivity contribution in [3.05, 3.63) is 64.4 Å². The molecule has 2 aromatic carbocycles. The predicted octanol–water partition coefficient (Wildman–Crippen LogP) is 4.09. The van der Waals surface area contributed by atoms with Crippen LogP contribution in [-0.4, -0.2) is 6.61 Å². The molecule has 3 rings (SSSR count). The molecule has 1 unspecified atom stereocenters. The van der Waals surface area contributed by atoms with E-state index in [4.69, 9.17) is 16.3 Å². The van der Waals surface area contributed by atoms with Crippen molar-refractivity contribution in [2.45, 2.75) is 19.0 Å². The minimum atomic E-state index is -0.265. The molecular weight excluding hydrogens is 277 g/mol. The third kappa shape index (κ3) is 2.79. The zero-order valence-electron chi connectivity index (χ0n) is 10.9. The van der Waals surface area contributed by atoms with Gasteiger partial charge in [-0.2, -0.15) is 0 Å². The lowest BCUT2D eigenvalue weighted by molar-refractivity contribution is 0.252. The van der Waals surface area contributed by atoms with Crippen LogP contribution in [-0.2, 0) is 6.54 Å². The number of benzene rings is 2. The summed E-state index contributed by atoms with van der Waals surface area (Å²) in [5.41, 5.74) is 1.92. The van der Waals surface area contributed by atoms with E-state index in [1.165, 1.54) is 12.1 Å². The highest BCUT2D eigenvalue weighted by Gasteiger charge is 2.20. The van der Waals surface area contributed by atoms with Gasteiger partial charge < -0.3 is 10.1 Å². The highest BCUT2D eigenvalue weighted by Crippen LogP contribution is 2.32. The second kappa shape index (κ2) is 5.81. The first kappa shape index (κ1) is 13.4. The van der Waals surface area contributed by atoms with E-state index in [1.54, 1.807) is 6.07 Å². The fourth-order valence-electron chi connectivity index (χ4n) is 2.47. The molecule has 1 atom stereocenters. The van der Waals surface area contributed by atoms with Crippen molar-refractivity contribution < 1.29 is 9.13 Å². The number of rotatable bonds is 3. The van der Waals surface area contributed by atoms with Gasteiger partial charge in [0.05, 0.1) is 6.61 Å². The van der Waals surface area contributed by atoms with E-state index < -0.39 is 0 Å². The first-order valence-corrected chi connectivity index (χ1v) is 7.01. The Morgan fingerprint density at radius 2 is 2.10 bits per heavy atom. The molecule has 0 aromatic heterocycles. The van der Waals surface area contributed by atoms with Crippen molar-refractivity contribution in [2.24, 2.45) is 0 Å². The van der Waals surface area contributed by atoms with E-state index >= 15 is 0 Å². The Kier molecular flexibility index (Phi) is 3.90. The van der Waals surface area contributed by atoms with E-state index in [2.05, 4.69) is 11.4 Å². The summed E-state index contributed by atoms with van der Waals surface area (Å²) in [7, 11) is 0. The molecule has 0 spiro atoms. The number of hydrogen-bond acceptors (Lipinski definition) is 2. The van der Waals surface area contributed by atoms with E-state index in [-0.39, 0.29) is 11.9 Å². The number of halogens is 2. The molecule has 0 radical (unpaired) electrons. The monoisotopic (exact) mass is 291 g/mol. The number of para-hydroxylation sites is 1. The minimum absolute atomic E-state index is 0.208. The third-order valence-corrected chi connectivity index (χ3v) is 3.87. The molecular formula is C16H15ClFNO. The maximum atomic E-state index is 13.2. The summed E-state index contributed by atoms with van der Waals surface area (Å²) in [6.45, 7) is 1.22. The van der Waals surface area contributed by atoms with Crippen LogP contribution in [0.1, 0.15) is 23.6 Å². The van der Waals surface area contributed by atoms with Crippen LogP contribution in [0.5, 0.6) is 5.75 Å². The Labute approximate surface area is 122 Å². The number of fused-ring (bicyclic) bond motifs is 1. The van der Waals surface area contributed by atoms with Crippen LogP contribution in [0.15, 0.2) is 42.5 Å². The van der Waals surface area contributed by atoms with Crippen molar-refractivity contribution in [1.29, 1.82) is 0 Å². The molecule has 2 nitrogen and oxygen atoms in total. The molecule has 0 saturated carbocycles. The average Bonchev–Trinajstić information content (AvgIpc) is 2.48. The van der Waals surface area contributed by atoms with Crippen molar-refractivity contribution in [1.82, 2.24) is 5.32 Å². The van der Waals surface area contributed by atoms with Crippen molar-refractivity contribution in [2.75, 3.05) is 6.61 Å². The highest BCUT2D eigenvalue weighted by molar-refractivity contribution is 6.31. The largest absolute Gasteiger partial charge is 0.493 e. The van der Waals surface area contributed by atoms with Crippen LogP contribution in [0.2, 0.25) is 5.02 Å². The van der Waals surface area contributed by atoms with Gasteiger partial charge in [-0.25, -0.2) is 4.39 Å². The minimum Gasteiger partial charge on any atom is -0.493 e. The maximum absolute atomic E-state index is 13.2. The van der Waals surface area contributed by atoms with E-state index in [0.717, 1.165) is 23.3 Å². The van der Waals surface area contributed by atoms with Crippen LogP contribution in [0.25, 0.3) is 0 Å². The summed E-state index contributed by atoms with van der Waals surface area (Å²) in [6.07, 6.45) is 0.893. The molecule has 0 saturated heterocycles. The number of nitrogens with one attached hydrogen (secondary N) is 1. The topological polar surface area (TPSA) is 21.3 Å². The van der Waals surface area contributed by atoms with Crippen molar-refractivity contribution in [3.63, 3.8) is 0 Å². The van der Waals surface area contributed by atoms with Gasteiger partial charge in [0.25, 0.3) is 0 Å². The Morgan fingerprint density at radius 1 is 1.25 bits per heavy atom. The van der Waals surface area contributed by atoms with Gasteiger partial charge >= 0.3 is 0 Å². The Balaban J connectivity index is 1.75. The maximum Gasteiger partial charge on any atom is 0.124 e. The van der Waals surface area contributed by atoms with Crippen LogP contribution >= 0.6 is 11.6 Å². The lowest BCUT2D eigenvalue weighted by Gasteiger charge is -2.27. The summed E-state index contributed by atoms with van der Waals surface area (Å²) >= 11 is 6.08. The smallest absolute Gasteiger partial charge is 0.124 e. The first-order chi connectivity index (χ1) is 9.74. The van der Waals surface area contributed by atoms with Crippen LogP contribution in [0.3, 0.4) is 0 Å². The van der Waals surface area contributed by atoms with Crippen molar-refractivity contribution >= 4 is 11.6 Å². The van der Waals surface area contributed by atoms with Crippen LogP contribution < -0.4 is 10.1 Å². The van der Waals surface area contributed by atoms with Gasteiger partial charge in [-0.3, -0.25) is 0 Å². The van der Waals surface area contributed by atoms with Gasteiger partial charge in [0.2, 0.25) is 0 Å². The van der Waals surface area contributed by atoms with Crippen LogP contribution in [0, 0.1) is 5.82 Å². The zero-order chi connectivity index (χ0) is 13.9. The summed E-state index contributed by atoms with van der Waals surface area (Å²) in [4.78, 5) is 0. The third-order valence-electron chi connectivity index (χ3n) is 3.51. The second-order valence-electron chi connectivity index (χ2n) is 4.84. The predicted molar refractivity (Wildman–Crippen MR) is 77.5 cm³/mol. The SMILES string of the molecule is Fc1ccc(Cl)c(CNC2CCOc3ccccc32)c1. The molecule has 1 heterocycles. The summed E-state index contributed by atoms with van der Waals surface area (Å²) < 4.78 is 18.9. The molecule has 0 fully saturated rings. The van der Waals surface area contributed by atoms with Gasteiger partial charge in [0.15, 0.2) is 0 Å². The Morgan fingerprint density at radius 3 is 3.00 bits per heavy atom. The molecule has 1 aliphatic heterocycles. The Bertz CT molecular complexity index is 617. The van der Waals surface area contributed by atoms with Gasteiger partial charge in [0.1, 0.15) is 11.6 Å². The molecule has 4 heteroatoms. The molecule has 104 valence electrons. The van der Waals surface area contributed by atoms with Crippen molar-refractivity contribution in [3.8, 4) is 5.75 Å². The molecule has 20 heavy (non-hydrogen) atoms. The molecule has 0 bridgehead atoms. The molecule has 1 N–H and O–H groups in total. The summed E-state index contributed by atoms with van der Waals surface area (Å²) in [6, 6.07) is 12.6. The molecule has 0 aliphatic carbocycles. The lowest BCUT2D eigenvalue weighted by atomic mass is 10.0. The summed E-state index contributed by atoms with van der Waals surface area (Å²) in [5.74, 6) is 0.653. The molecule has 2 aromatic rings. The quantitative estimate of drug-likeness (QED) is 0.919. The van der Waals surface area contributed by atoms with Gasteiger partial charge in [-0.1, -0.05) is 29.8 Å². The molecule has 1 aliphatic rings. The standard InChI is InChI=1S/C16H15ClFNO/c17-14-6-5-12(18)9-11(14)10-19-15-7-8-20-16-4-2-1-3-13(15)16/h1-6,9,15,19H,7-8,10H2. The van der Waals surface area contributed by atoms with Gasteiger partial charge in [-0.15, -0.1) is 0 Å².